The van der Waals surface area contributed by atoms with Crippen molar-refractivity contribution in [1.82, 2.24) is 19.7 Å². The van der Waals surface area contributed by atoms with E-state index in [4.69, 9.17) is 4.74 Å². The van der Waals surface area contributed by atoms with Gasteiger partial charge in [-0.1, -0.05) is 0 Å². The van der Waals surface area contributed by atoms with Crippen LogP contribution >= 0.6 is 0 Å². The van der Waals surface area contributed by atoms with Gasteiger partial charge < -0.3 is 14.5 Å². The van der Waals surface area contributed by atoms with Crippen molar-refractivity contribution in [2.75, 3.05) is 59.0 Å². The molecule has 3 aliphatic heterocycles. The average molecular weight is 372 g/mol. The van der Waals surface area contributed by atoms with Gasteiger partial charge in [-0.25, -0.2) is 0 Å². The Labute approximate surface area is 160 Å². The highest BCUT2D eigenvalue weighted by Crippen LogP contribution is 2.40. The number of nitrogens with zero attached hydrogens (tertiary/aromatic N) is 4. The minimum Gasteiger partial charge on any atom is -0.379 e. The smallest absolute Gasteiger partial charge is 0.230 e. The van der Waals surface area contributed by atoms with Crippen molar-refractivity contribution >= 4 is 11.8 Å². The number of rotatable bonds is 5. The van der Waals surface area contributed by atoms with E-state index in [1.54, 1.807) is 12.4 Å². The monoisotopic (exact) mass is 372 g/mol. The van der Waals surface area contributed by atoms with E-state index in [-0.39, 0.29) is 17.2 Å². The van der Waals surface area contributed by atoms with E-state index in [2.05, 4.69) is 9.88 Å². The van der Waals surface area contributed by atoms with Crippen LogP contribution in [0.25, 0.3) is 0 Å². The lowest BCUT2D eigenvalue weighted by atomic mass is 9.85. The number of amides is 2. The fourth-order valence-electron chi connectivity index (χ4n) is 4.44. The molecule has 1 aromatic heterocycles. The zero-order valence-electron chi connectivity index (χ0n) is 15.8. The van der Waals surface area contributed by atoms with Gasteiger partial charge in [-0.05, 0) is 30.5 Å². The van der Waals surface area contributed by atoms with Crippen molar-refractivity contribution in [2.45, 2.75) is 19.3 Å². The Bertz CT molecular complexity index is 677. The van der Waals surface area contributed by atoms with Crippen molar-refractivity contribution in [3.8, 4) is 0 Å². The minimum atomic E-state index is -0.348. The van der Waals surface area contributed by atoms with Crippen LogP contribution in [-0.2, 0) is 20.7 Å². The first kappa shape index (κ1) is 18.4. The maximum Gasteiger partial charge on any atom is 0.230 e. The number of aromatic nitrogens is 1. The fraction of sp³-hybridized carbons (Fsp3) is 0.650. The van der Waals surface area contributed by atoms with Crippen LogP contribution in [0, 0.1) is 5.41 Å². The van der Waals surface area contributed by atoms with Crippen molar-refractivity contribution in [3.63, 3.8) is 0 Å². The van der Waals surface area contributed by atoms with Crippen LogP contribution in [0.2, 0.25) is 0 Å². The highest BCUT2D eigenvalue weighted by atomic mass is 16.5. The number of hydrogen-bond donors (Lipinski definition) is 0. The zero-order chi connectivity index (χ0) is 18.7. The predicted octanol–water partition coefficient (Wildman–Crippen LogP) is 0.407. The van der Waals surface area contributed by atoms with Gasteiger partial charge >= 0.3 is 0 Å². The molecule has 2 amide bonds. The molecule has 1 atom stereocenters. The van der Waals surface area contributed by atoms with Crippen molar-refractivity contribution in [3.05, 3.63) is 30.1 Å². The van der Waals surface area contributed by atoms with E-state index in [1.165, 1.54) is 0 Å². The van der Waals surface area contributed by atoms with Gasteiger partial charge in [0, 0.05) is 58.2 Å². The standard InChI is InChI=1S/C20H28N4O3/c25-18(15-17-1-5-21-6-2-17)24-8-4-20(16-24)3-7-23(19(20)26)10-9-22-11-13-27-14-12-22/h1-2,5-6H,3-4,7-16H2. The van der Waals surface area contributed by atoms with E-state index in [1.807, 2.05) is 21.9 Å². The molecule has 0 N–H and O–H groups in total. The summed E-state index contributed by atoms with van der Waals surface area (Å²) in [5.74, 6) is 0.354. The van der Waals surface area contributed by atoms with Gasteiger partial charge in [-0.3, -0.25) is 19.5 Å². The first-order valence-corrected chi connectivity index (χ1v) is 9.92. The number of carbonyl (C=O) groups excluding carboxylic acids is 2. The van der Waals surface area contributed by atoms with Gasteiger partial charge in [-0.15, -0.1) is 0 Å². The second-order valence-electron chi connectivity index (χ2n) is 7.87. The third-order valence-electron chi connectivity index (χ3n) is 6.20. The second kappa shape index (κ2) is 7.94. The molecular weight excluding hydrogens is 344 g/mol. The van der Waals surface area contributed by atoms with Crippen LogP contribution in [0.3, 0.4) is 0 Å². The SMILES string of the molecule is O=C(Cc1ccncc1)N1CCC2(CCN(CCN3CCOCC3)C2=O)C1. The lowest BCUT2D eigenvalue weighted by Crippen LogP contribution is -2.44. The van der Waals surface area contributed by atoms with E-state index in [9.17, 15) is 9.59 Å². The largest absolute Gasteiger partial charge is 0.379 e. The Hall–Kier alpha value is -1.99. The van der Waals surface area contributed by atoms with Gasteiger partial charge in [0.15, 0.2) is 0 Å². The van der Waals surface area contributed by atoms with E-state index < -0.39 is 0 Å². The lowest BCUT2D eigenvalue weighted by molar-refractivity contribution is -0.136. The number of ether oxygens (including phenoxy) is 1. The topological polar surface area (TPSA) is 66.0 Å². The normalized spacial score (nSPS) is 26.3. The van der Waals surface area contributed by atoms with Crippen molar-refractivity contribution < 1.29 is 14.3 Å². The Morgan fingerprint density at radius 1 is 1.07 bits per heavy atom. The zero-order valence-corrected chi connectivity index (χ0v) is 15.8. The van der Waals surface area contributed by atoms with Crippen molar-refractivity contribution in [2.24, 2.45) is 5.41 Å². The fourth-order valence-corrected chi connectivity index (χ4v) is 4.44. The van der Waals surface area contributed by atoms with E-state index in [0.717, 1.165) is 64.3 Å². The summed E-state index contributed by atoms with van der Waals surface area (Å²) in [5, 5.41) is 0. The molecule has 146 valence electrons. The molecule has 3 aliphatic rings. The Kier molecular flexibility index (Phi) is 5.41. The molecule has 7 nitrogen and oxygen atoms in total. The molecule has 7 heteroatoms. The summed E-state index contributed by atoms with van der Waals surface area (Å²) < 4.78 is 5.38. The number of hydrogen-bond acceptors (Lipinski definition) is 5. The molecule has 0 radical (unpaired) electrons. The lowest BCUT2D eigenvalue weighted by Gasteiger charge is -2.29. The molecule has 0 bridgehead atoms. The van der Waals surface area contributed by atoms with Crippen LogP contribution in [0.15, 0.2) is 24.5 Å². The molecule has 0 aromatic carbocycles. The average Bonchev–Trinajstić information content (AvgIpc) is 3.27. The number of morpholine rings is 1. The molecule has 27 heavy (non-hydrogen) atoms. The summed E-state index contributed by atoms with van der Waals surface area (Å²) in [6.07, 6.45) is 5.46. The molecule has 4 heterocycles. The summed E-state index contributed by atoms with van der Waals surface area (Å²) in [7, 11) is 0. The molecular formula is C20H28N4O3. The summed E-state index contributed by atoms with van der Waals surface area (Å²) in [4.78, 5) is 35.9. The van der Waals surface area contributed by atoms with Crippen LogP contribution in [0.4, 0.5) is 0 Å². The predicted molar refractivity (Wildman–Crippen MR) is 100 cm³/mol. The minimum absolute atomic E-state index is 0.109. The van der Waals surface area contributed by atoms with Crippen LogP contribution in [0.1, 0.15) is 18.4 Å². The third kappa shape index (κ3) is 3.99. The second-order valence-corrected chi connectivity index (χ2v) is 7.87. The highest BCUT2D eigenvalue weighted by Gasteiger charge is 2.51. The number of carbonyl (C=O) groups is 2. The van der Waals surface area contributed by atoms with Gasteiger partial charge in [0.05, 0.1) is 25.0 Å². The van der Waals surface area contributed by atoms with Gasteiger partial charge in [0.1, 0.15) is 0 Å². The van der Waals surface area contributed by atoms with Crippen LogP contribution < -0.4 is 0 Å². The first-order chi connectivity index (χ1) is 13.2. The number of pyridine rings is 1. The van der Waals surface area contributed by atoms with Crippen LogP contribution in [0.5, 0.6) is 0 Å². The summed E-state index contributed by atoms with van der Waals surface area (Å²) in [6.45, 7) is 7.24. The molecule has 4 rings (SSSR count). The summed E-state index contributed by atoms with van der Waals surface area (Å²) in [5.41, 5.74) is 0.625. The summed E-state index contributed by atoms with van der Waals surface area (Å²) in [6, 6.07) is 3.75. The highest BCUT2D eigenvalue weighted by molar-refractivity contribution is 5.87. The molecule has 0 aliphatic carbocycles. The van der Waals surface area contributed by atoms with E-state index in [0.29, 0.717) is 19.5 Å². The molecule has 0 saturated carbocycles. The number of likely N-dealkylation sites (tertiary alicyclic amines) is 2. The third-order valence-corrected chi connectivity index (χ3v) is 6.20. The van der Waals surface area contributed by atoms with E-state index >= 15 is 0 Å². The molecule has 1 aromatic rings. The molecule has 1 unspecified atom stereocenters. The molecule has 3 fully saturated rings. The quantitative estimate of drug-likeness (QED) is 0.749. The molecule has 3 saturated heterocycles. The summed E-state index contributed by atoms with van der Waals surface area (Å²) >= 11 is 0. The van der Waals surface area contributed by atoms with Gasteiger partial charge in [0.2, 0.25) is 11.8 Å². The van der Waals surface area contributed by atoms with Gasteiger partial charge in [0.25, 0.3) is 0 Å². The first-order valence-electron chi connectivity index (χ1n) is 9.92. The maximum atomic E-state index is 13.1. The Morgan fingerprint density at radius 2 is 1.81 bits per heavy atom. The Balaban J connectivity index is 1.30. The van der Waals surface area contributed by atoms with Crippen molar-refractivity contribution in [1.29, 1.82) is 0 Å². The Morgan fingerprint density at radius 3 is 2.59 bits per heavy atom. The van der Waals surface area contributed by atoms with Gasteiger partial charge in [-0.2, -0.15) is 0 Å². The van der Waals surface area contributed by atoms with Crippen LogP contribution in [-0.4, -0.2) is 90.5 Å². The maximum absolute atomic E-state index is 13.1. The molecule has 1 spiro atoms.